The van der Waals surface area contributed by atoms with E-state index in [1.165, 1.54) is 18.2 Å². The van der Waals surface area contributed by atoms with Gasteiger partial charge in [0.05, 0.1) is 5.56 Å². The van der Waals surface area contributed by atoms with Gasteiger partial charge in [0, 0.05) is 5.56 Å². The highest BCUT2D eigenvalue weighted by Gasteiger charge is 2.30. The Hall–Kier alpha value is -2.50. The molecule has 2 aromatic rings. The first kappa shape index (κ1) is 17.8. The number of halogens is 3. The van der Waals surface area contributed by atoms with Gasteiger partial charge in [-0.25, -0.2) is 4.79 Å². The molecule has 0 saturated carbocycles. The molecule has 0 fully saturated rings. The van der Waals surface area contributed by atoms with Crippen molar-refractivity contribution in [3.8, 4) is 16.9 Å². The minimum atomic E-state index is -4.42. The summed E-state index contributed by atoms with van der Waals surface area (Å²) >= 11 is 0. The molecular formula is C18H17F3O3. The molecule has 0 bridgehead atoms. The highest BCUT2D eigenvalue weighted by Crippen LogP contribution is 2.36. The predicted octanol–water partition coefficient (Wildman–Crippen LogP) is 5.73. The lowest BCUT2D eigenvalue weighted by Crippen LogP contribution is -2.12. The Labute approximate surface area is 137 Å². The number of hydrogen-bond donors (Lipinski definition) is 1. The molecule has 3 nitrogen and oxygen atoms in total. The lowest BCUT2D eigenvalue weighted by molar-refractivity contribution is -0.137. The molecule has 0 aliphatic heterocycles. The van der Waals surface area contributed by atoms with Gasteiger partial charge < -0.3 is 9.84 Å². The number of rotatable bonds is 2. The van der Waals surface area contributed by atoms with E-state index in [2.05, 4.69) is 0 Å². The lowest BCUT2D eigenvalue weighted by Gasteiger charge is -2.21. The van der Waals surface area contributed by atoms with Crippen LogP contribution >= 0.6 is 0 Å². The quantitative estimate of drug-likeness (QED) is 0.562. The van der Waals surface area contributed by atoms with E-state index in [0.717, 1.165) is 17.7 Å². The van der Waals surface area contributed by atoms with Crippen molar-refractivity contribution in [3.63, 3.8) is 0 Å². The summed E-state index contributed by atoms with van der Waals surface area (Å²) in [6, 6.07) is 9.53. The number of carboxylic acid groups (broad SMARTS) is 1. The maximum absolute atomic E-state index is 12.7. The van der Waals surface area contributed by atoms with Gasteiger partial charge in [-0.1, -0.05) is 39.0 Å². The van der Waals surface area contributed by atoms with Crippen molar-refractivity contribution in [3.05, 3.63) is 53.6 Å². The van der Waals surface area contributed by atoms with Crippen molar-refractivity contribution in [1.29, 1.82) is 0 Å². The first-order chi connectivity index (χ1) is 11.0. The lowest BCUT2D eigenvalue weighted by atomic mass is 9.85. The number of hydrogen-bond acceptors (Lipinski definition) is 2. The second kappa shape index (κ2) is 6.19. The summed E-state index contributed by atoms with van der Waals surface area (Å²) < 4.78 is 42.8. The fraction of sp³-hybridized carbons (Fsp3) is 0.278. The molecule has 0 unspecified atom stereocenters. The van der Waals surface area contributed by atoms with E-state index in [4.69, 9.17) is 9.84 Å². The van der Waals surface area contributed by atoms with Gasteiger partial charge in [-0.3, -0.25) is 0 Å². The zero-order valence-electron chi connectivity index (χ0n) is 13.4. The third-order valence-corrected chi connectivity index (χ3v) is 3.57. The van der Waals surface area contributed by atoms with Gasteiger partial charge in [0.1, 0.15) is 5.75 Å². The largest absolute Gasteiger partial charge is 0.511 e. The second-order valence-electron chi connectivity index (χ2n) is 6.40. The van der Waals surface area contributed by atoms with Crippen molar-refractivity contribution in [2.45, 2.75) is 32.4 Å². The zero-order valence-corrected chi connectivity index (χ0v) is 13.4. The van der Waals surface area contributed by atoms with E-state index >= 15 is 0 Å². The molecule has 0 aliphatic carbocycles. The number of alkyl halides is 3. The van der Waals surface area contributed by atoms with Crippen LogP contribution in [0.25, 0.3) is 11.1 Å². The highest BCUT2D eigenvalue weighted by atomic mass is 19.4. The Bertz CT molecular complexity index is 742. The molecule has 24 heavy (non-hydrogen) atoms. The van der Waals surface area contributed by atoms with Crippen molar-refractivity contribution in [2.75, 3.05) is 0 Å². The maximum atomic E-state index is 12.7. The van der Waals surface area contributed by atoms with Gasteiger partial charge in [0.15, 0.2) is 0 Å². The van der Waals surface area contributed by atoms with Gasteiger partial charge in [-0.15, -0.1) is 0 Å². The van der Waals surface area contributed by atoms with Crippen LogP contribution in [0.1, 0.15) is 31.9 Å². The van der Waals surface area contributed by atoms with Crippen LogP contribution in [-0.2, 0) is 11.6 Å². The topological polar surface area (TPSA) is 46.5 Å². The average molecular weight is 338 g/mol. The summed E-state index contributed by atoms with van der Waals surface area (Å²) in [5, 5.41) is 8.85. The first-order valence-corrected chi connectivity index (χ1v) is 7.21. The van der Waals surface area contributed by atoms with Crippen LogP contribution in [0.4, 0.5) is 18.0 Å². The van der Waals surface area contributed by atoms with Crippen LogP contribution in [0.15, 0.2) is 42.5 Å². The number of benzene rings is 2. The summed E-state index contributed by atoms with van der Waals surface area (Å²) in [6.07, 6.45) is -5.90. The van der Waals surface area contributed by atoms with Crippen LogP contribution in [0.5, 0.6) is 5.75 Å². The van der Waals surface area contributed by atoms with Gasteiger partial charge in [-0.2, -0.15) is 13.2 Å². The molecule has 0 spiro atoms. The zero-order chi connectivity index (χ0) is 18.1. The van der Waals surface area contributed by atoms with Gasteiger partial charge in [0.2, 0.25) is 0 Å². The standard InChI is InChI=1S/C18H17F3O3/c1-17(2,3)13-8-9-15(24-16(22)23)14(10-13)11-4-6-12(7-5-11)18(19,20)21/h4-10H,1-3H3,(H,22,23). The molecule has 6 heteroatoms. The highest BCUT2D eigenvalue weighted by molar-refractivity contribution is 5.75. The Morgan fingerprint density at radius 3 is 1.96 bits per heavy atom. The van der Waals surface area contributed by atoms with E-state index in [9.17, 15) is 18.0 Å². The average Bonchev–Trinajstić information content (AvgIpc) is 2.45. The Morgan fingerprint density at radius 1 is 0.958 bits per heavy atom. The summed E-state index contributed by atoms with van der Waals surface area (Å²) in [4.78, 5) is 10.8. The maximum Gasteiger partial charge on any atom is 0.511 e. The third-order valence-electron chi connectivity index (χ3n) is 3.57. The van der Waals surface area contributed by atoms with Crippen LogP contribution in [0.2, 0.25) is 0 Å². The fourth-order valence-corrected chi connectivity index (χ4v) is 2.24. The fourth-order valence-electron chi connectivity index (χ4n) is 2.24. The molecule has 1 N–H and O–H groups in total. The molecule has 2 aromatic carbocycles. The Morgan fingerprint density at radius 2 is 1.50 bits per heavy atom. The van der Waals surface area contributed by atoms with E-state index in [0.29, 0.717) is 11.1 Å². The van der Waals surface area contributed by atoms with Crippen molar-refractivity contribution < 1.29 is 27.8 Å². The molecule has 0 atom stereocenters. The van der Waals surface area contributed by atoms with E-state index in [-0.39, 0.29) is 11.2 Å². The van der Waals surface area contributed by atoms with Gasteiger partial charge in [0.25, 0.3) is 0 Å². The Balaban J connectivity index is 2.55. The summed E-state index contributed by atoms with van der Waals surface area (Å²) in [5.41, 5.74) is 0.820. The number of carbonyl (C=O) groups is 1. The van der Waals surface area contributed by atoms with Crippen LogP contribution in [0.3, 0.4) is 0 Å². The first-order valence-electron chi connectivity index (χ1n) is 7.21. The predicted molar refractivity (Wildman–Crippen MR) is 84.2 cm³/mol. The van der Waals surface area contributed by atoms with Crippen molar-refractivity contribution >= 4 is 6.16 Å². The van der Waals surface area contributed by atoms with Gasteiger partial charge >= 0.3 is 12.3 Å². The van der Waals surface area contributed by atoms with E-state index in [1.807, 2.05) is 20.8 Å². The normalized spacial score (nSPS) is 12.1. The summed E-state index contributed by atoms with van der Waals surface area (Å²) in [5.74, 6) is 0.0789. The van der Waals surface area contributed by atoms with Crippen molar-refractivity contribution in [2.24, 2.45) is 0 Å². The summed E-state index contributed by atoms with van der Waals surface area (Å²) in [6.45, 7) is 5.95. The SMILES string of the molecule is CC(C)(C)c1ccc(OC(=O)O)c(-c2ccc(C(F)(F)F)cc2)c1. The monoisotopic (exact) mass is 338 g/mol. The van der Waals surface area contributed by atoms with Crippen LogP contribution < -0.4 is 4.74 Å². The number of ether oxygens (including phenoxy) is 1. The minimum Gasteiger partial charge on any atom is -0.449 e. The molecule has 0 radical (unpaired) electrons. The molecule has 0 heterocycles. The smallest absolute Gasteiger partial charge is 0.449 e. The minimum absolute atomic E-state index is 0.0789. The summed E-state index contributed by atoms with van der Waals surface area (Å²) in [7, 11) is 0. The van der Waals surface area contributed by atoms with E-state index in [1.54, 1.807) is 12.1 Å². The molecule has 0 aliphatic rings. The molecular weight excluding hydrogens is 321 g/mol. The molecule has 0 aromatic heterocycles. The molecule has 0 amide bonds. The van der Waals surface area contributed by atoms with E-state index < -0.39 is 17.9 Å². The van der Waals surface area contributed by atoms with Crippen molar-refractivity contribution in [1.82, 2.24) is 0 Å². The third kappa shape index (κ3) is 4.07. The van der Waals surface area contributed by atoms with Crippen LogP contribution in [-0.4, -0.2) is 11.3 Å². The van der Waals surface area contributed by atoms with Crippen LogP contribution in [0, 0.1) is 0 Å². The molecule has 2 rings (SSSR count). The molecule has 0 saturated heterocycles. The Kier molecular flexibility index (Phi) is 4.60. The van der Waals surface area contributed by atoms with Gasteiger partial charge in [-0.05, 0) is 40.8 Å². The second-order valence-corrected chi connectivity index (χ2v) is 6.40. The molecule has 128 valence electrons.